The van der Waals surface area contributed by atoms with Gasteiger partial charge in [0.15, 0.2) is 0 Å². The fourth-order valence-electron chi connectivity index (χ4n) is 3.87. The van der Waals surface area contributed by atoms with Crippen LogP contribution in [0.25, 0.3) is 0 Å². The van der Waals surface area contributed by atoms with Crippen LogP contribution >= 0.6 is 0 Å². The van der Waals surface area contributed by atoms with E-state index in [2.05, 4.69) is 60.8 Å². The van der Waals surface area contributed by atoms with Gasteiger partial charge in [0.1, 0.15) is 0 Å². The molecule has 0 radical (unpaired) electrons. The average molecular weight is 409 g/mol. The van der Waals surface area contributed by atoms with Crippen LogP contribution in [0.3, 0.4) is 0 Å². The van der Waals surface area contributed by atoms with Crippen LogP contribution in [0.5, 0.6) is 0 Å². The molecule has 0 amide bonds. The van der Waals surface area contributed by atoms with Gasteiger partial charge in [-0.1, -0.05) is 24.6 Å². The van der Waals surface area contributed by atoms with E-state index in [1.165, 1.54) is 28.1 Å². The number of alkyl halides is 3. The second kappa shape index (κ2) is 8.78. The van der Waals surface area contributed by atoms with Crippen LogP contribution < -0.4 is 10.2 Å². The number of hydrogen-bond acceptors (Lipinski definition) is 3. The standard InChI is InChI=1S/C16H21N3.C6H10F3N/c1-5-14-10-18-6-7-19(16(18)17-14)15-12(3)8-11(2)9-13(15)4;7-6(8,9)4-10-3-5-1-2-5/h8-10H,5-7H2,1-4H3;5,10H,1-4H2. The number of aromatic nitrogens is 2. The zero-order valence-corrected chi connectivity index (χ0v) is 17.7. The van der Waals surface area contributed by atoms with Gasteiger partial charge in [0.2, 0.25) is 5.95 Å². The number of anilines is 2. The highest BCUT2D eigenvalue weighted by atomic mass is 19.4. The van der Waals surface area contributed by atoms with E-state index in [-0.39, 0.29) is 0 Å². The molecule has 0 atom stereocenters. The molecule has 2 aromatic rings. The minimum absolute atomic E-state index is 0.516. The van der Waals surface area contributed by atoms with Crippen molar-refractivity contribution < 1.29 is 13.2 Å². The van der Waals surface area contributed by atoms with Gasteiger partial charge in [-0.25, -0.2) is 4.98 Å². The van der Waals surface area contributed by atoms with Gasteiger partial charge in [0.25, 0.3) is 0 Å². The van der Waals surface area contributed by atoms with E-state index >= 15 is 0 Å². The normalized spacial score (nSPS) is 15.9. The maximum Gasteiger partial charge on any atom is 0.401 e. The smallest absolute Gasteiger partial charge is 0.315 e. The first-order valence-corrected chi connectivity index (χ1v) is 10.4. The van der Waals surface area contributed by atoms with E-state index in [0.717, 1.165) is 38.3 Å². The summed E-state index contributed by atoms with van der Waals surface area (Å²) in [6, 6.07) is 4.52. The predicted octanol–water partition coefficient (Wildman–Crippen LogP) is 5.07. The van der Waals surface area contributed by atoms with Crippen molar-refractivity contribution in [1.29, 1.82) is 0 Å². The summed E-state index contributed by atoms with van der Waals surface area (Å²) in [5.74, 6) is 1.62. The van der Waals surface area contributed by atoms with Gasteiger partial charge in [-0.3, -0.25) is 0 Å². The Bertz CT molecular complexity index is 814. The van der Waals surface area contributed by atoms with E-state index in [9.17, 15) is 13.2 Å². The monoisotopic (exact) mass is 408 g/mol. The number of hydrogen-bond donors (Lipinski definition) is 1. The lowest BCUT2D eigenvalue weighted by Gasteiger charge is -2.22. The molecule has 0 spiro atoms. The Kier molecular flexibility index (Phi) is 6.56. The minimum atomic E-state index is -4.05. The molecule has 4 rings (SSSR count). The summed E-state index contributed by atoms with van der Waals surface area (Å²) >= 11 is 0. The fraction of sp³-hybridized carbons (Fsp3) is 0.591. The van der Waals surface area contributed by atoms with Crippen LogP contribution in [0.1, 0.15) is 42.1 Å². The first-order chi connectivity index (χ1) is 13.7. The summed E-state index contributed by atoms with van der Waals surface area (Å²) in [5, 5.41) is 2.36. The Morgan fingerprint density at radius 2 is 1.76 bits per heavy atom. The minimum Gasteiger partial charge on any atom is -0.315 e. The molecule has 0 unspecified atom stereocenters. The van der Waals surface area contributed by atoms with Crippen LogP contribution in [0.2, 0.25) is 0 Å². The van der Waals surface area contributed by atoms with Gasteiger partial charge in [-0.05, 0) is 63.6 Å². The summed E-state index contributed by atoms with van der Waals surface area (Å²) in [7, 11) is 0. The molecule has 0 saturated heterocycles. The van der Waals surface area contributed by atoms with Crippen LogP contribution in [-0.4, -0.2) is 35.4 Å². The van der Waals surface area contributed by atoms with Gasteiger partial charge in [-0.2, -0.15) is 13.2 Å². The molecule has 1 aliphatic carbocycles. The van der Waals surface area contributed by atoms with Crippen molar-refractivity contribution in [2.24, 2.45) is 5.92 Å². The molecule has 1 N–H and O–H groups in total. The maximum absolute atomic E-state index is 11.5. The van der Waals surface area contributed by atoms with Crippen molar-refractivity contribution >= 4 is 11.6 Å². The fourth-order valence-corrected chi connectivity index (χ4v) is 3.87. The second-order valence-electron chi connectivity index (χ2n) is 8.17. The van der Waals surface area contributed by atoms with Crippen LogP contribution in [0.4, 0.5) is 24.8 Å². The van der Waals surface area contributed by atoms with Gasteiger partial charge in [-0.15, -0.1) is 0 Å². The number of nitrogens with zero attached hydrogens (tertiary/aromatic N) is 3. The van der Waals surface area contributed by atoms with Crippen LogP contribution in [-0.2, 0) is 13.0 Å². The second-order valence-corrected chi connectivity index (χ2v) is 8.17. The van der Waals surface area contributed by atoms with Gasteiger partial charge < -0.3 is 14.8 Å². The number of halogens is 3. The van der Waals surface area contributed by atoms with Crippen molar-refractivity contribution in [3.8, 4) is 0 Å². The van der Waals surface area contributed by atoms with E-state index < -0.39 is 12.7 Å². The third kappa shape index (κ3) is 5.75. The highest BCUT2D eigenvalue weighted by Crippen LogP contribution is 2.35. The number of imidazole rings is 1. The summed E-state index contributed by atoms with van der Waals surface area (Å²) in [4.78, 5) is 7.12. The van der Waals surface area contributed by atoms with E-state index in [4.69, 9.17) is 4.98 Å². The highest BCUT2D eigenvalue weighted by Gasteiger charge is 2.28. The molecule has 7 heteroatoms. The third-order valence-corrected chi connectivity index (χ3v) is 5.33. The lowest BCUT2D eigenvalue weighted by molar-refractivity contribution is -0.124. The Hall–Kier alpha value is -2.02. The summed E-state index contributed by atoms with van der Waals surface area (Å²) < 4.78 is 36.7. The first kappa shape index (κ1) is 21.7. The Morgan fingerprint density at radius 1 is 1.10 bits per heavy atom. The molecular weight excluding hydrogens is 377 g/mol. The highest BCUT2D eigenvalue weighted by molar-refractivity contribution is 5.68. The number of benzene rings is 1. The number of nitrogens with one attached hydrogen (secondary N) is 1. The molecule has 1 saturated carbocycles. The molecule has 1 aliphatic heterocycles. The largest absolute Gasteiger partial charge is 0.401 e. The van der Waals surface area contributed by atoms with E-state index in [1.54, 1.807) is 0 Å². The molecule has 160 valence electrons. The van der Waals surface area contributed by atoms with Crippen molar-refractivity contribution in [3.05, 3.63) is 40.7 Å². The number of fused-ring (bicyclic) bond motifs is 1. The molecule has 1 aromatic heterocycles. The van der Waals surface area contributed by atoms with E-state index in [1.807, 2.05) is 0 Å². The summed E-state index contributed by atoms with van der Waals surface area (Å²) in [5.41, 5.74) is 6.52. The predicted molar refractivity (Wildman–Crippen MR) is 111 cm³/mol. The lowest BCUT2D eigenvalue weighted by atomic mass is 10.0. The molecule has 29 heavy (non-hydrogen) atoms. The van der Waals surface area contributed by atoms with Crippen molar-refractivity contribution in [2.45, 2.75) is 59.7 Å². The van der Waals surface area contributed by atoms with Crippen LogP contribution in [0, 0.1) is 26.7 Å². The molecule has 4 nitrogen and oxygen atoms in total. The zero-order chi connectivity index (χ0) is 21.2. The maximum atomic E-state index is 11.5. The Labute approximate surface area is 171 Å². The van der Waals surface area contributed by atoms with Gasteiger partial charge >= 0.3 is 6.18 Å². The third-order valence-electron chi connectivity index (χ3n) is 5.33. The van der Waals surface area contributed by atoms with Gasteiger partial charge in [0, 0.05) is 25.0 Å². The number of aryl methyl sites for hydroxylation is 4. The van der Waals surface area contributed by atoms with Crippen molar-refractivity contribution in [2.75, 3.05) is 24.5 Å². The van der Waals surface area contributed by atoms with E-state index in [0.29, 0.717) is 12.5 Å². The van der Waals surface area contributed by atoms with Crippen LogP contribution in [0.15, 0.2) is 18.3 Å². The molecule has 0 bridgehead atoms. The van der Waals surface area contributed by atoms with Crippen molar-refractivity contribution in [1.82, 2.24) is 14.9 Å². The first-order valence-electron chi connectivity index (χ1n) is 10.4. The quantitative estimate of drug-likeness (QED) is 0.750. The Balaban J connectivity index is 0.000000204. The topological polar surface area (TPSA) is 33.1 Å². The number of rotatable bonds is 5. The molecule has 2 aliphatic rings. The lowest BCUT2D eigenvalue weighted by Crippen LogP contribution is -2.30. The molecule has 1 fully saturated rings. The van der Waals surface area contributed by atoms with Gasteiger partial charge in [0.05, 0.1) is 12.2 Å². The molecular formula is C22H31F3N4. The average Bonchev–Trinajstić information content (AvgIpc) is 3.21. The van der Waals surface area contributed by atoms with Crippen molar-refractivity contribution in [3.63, 3.8) is 0 Å². The summed E-state index contributed by atoms with van der Waals surface area (Å²) in [6.07, 6.45) is 1.32. The summed E-state index contributed by atoms with van der Waals surface area (Å²) in [6.45, 7) is 10.5. The zero-order valence-electron chi connectivity index (χ0n) is 17.7. The SMILES string of the molecule is CCc1cn2c(n1)N(c1c(C)cc(C)cc1C)CC2.FC(F)(F)CNCC1CC1. The Morgan fingerprint density at radius 3 is 2.31 bits per heavy atom. The molecule has 2 heterocycles. The molecule has 1 aromatic carbocycles.